The molecule has 2 amide bonds. The van der Waals surface area contributed by atoms with Crippen molar-refractivity contribution in [2.75, 3.05) is 13.2 Å². The number of amides is 2. The van der Waals surface area contributed by atoms with Gasteiger partial charge in [0.1, 0.15) is 0 Å². The predicted molar refractivity (Wildman–Crippen MR) is 81.7 cm³/mol. The second-order valence-electron chi connectivity index (χ2n) is 7.50. The number of imide groups is 1. The Balaban J connectivity index is 1.96. The summed E-state index contributed by atoms with van der Waals surface area (Å²) in [5.41, 5.74) is -0.0463. The monoisotopic (exact) mass is 295 g/mol. The van der Waals surface area contributed by atoms with E-state index in [0.717, 1.165) is 25.9 Å². The van der Waals surface area contributed by atoms with Gasteiger partial charge in [0.15, 0.2) is 0 Å². The van der Waals surface area contributed by atoms with Gasteiger partial charge < -0.3 is 4.74 Å². The van der Waals surface area contributed by atoms with Crippen molar-refractivity contribution >= 4 is 11.8 Å². The molecule has 0 aromatic carbocycles. The molecule has 2 rings (SSSR count). The zero-order valence-corrected chi connectivity index (χ0v) is 13.9. The molecule has 0 unspecified atom stereocenters. The van der Waals surface area contributed by atoms with E-state index >= 15 is 0 Å². The third-order valence-corrected chi connectivity index (χ3v) is 5.04. The van der Waals surface area contributed by atoms with Crippen molar-refractivity contribution in [2.24, 2.45) is 17.8 Å². The molecular weight excluding hydrogens is 266 g/mol. The summed E-state index contributed by atoms with van der Waals surface area (Å²) in [7, 11) is 0. The molecule has 0 bridgehead atoms. The van der Waals surface area contributed by atoms with Crippen molar-refractivity contribution in [1.29, 1.82) is 0 Å². The van der Waals surface area contributed by atoms with E-state index in [0.29, 0.717) is 37.1 Å². The maximum atomic E-state index is 11.7. The molecule has 2 fully saturated rings. The van der Waals surface area contributed by atoms with Crippen LogP contribution in [0.25, 0.3) is 0 Å². The highest BCUT2D eigenvalue weighted by molar-refractivity contribution is 6.01. The number of carbonyl (C=O) groups is 2. The lowest BCUT2D eigenvalue weighted by Gasteiger charge is -2.41. The lowest BCUT2D eigenvalue weighted by Crippen LogP contribution is -2.39. The Labute approximate surface area is 128 Å². The molecule has 2 aliphatic heterocycles. The van der Waals surface area contributed by atoms with Gasteiger partial charge >= 0.3 is 0 Å². The summed E-state index contributed by atoms with van der Waals surface area (Å²) in [6, 6.07) is 0. The number of hydrogen-bond donors (Lipinski definition) is 0. The van der Waals surface area contributed by atoms with Gasteiger partial charge in [0, 0.05) is 26.0 Å². The second kappa shape index (κ2) is 6.47. The van der Waals surface area contributed by atoms with E-state index in [9.17, 15) is 9.59 Å². The molecule has 0 aromatic heterocycles. The van der Waals surface area contributed by atoms with Crippen LogP contribution in [0.15, 0.2) is 0 Å². The normalized spacial score (nSPS) is 27.5. The maximum absolute atomic E-state index is 11.7. The molecule has 4 nitrogen and oxygen atoms in total. The van der Waals surface area contributed by atoms with Gasteiger partial charge in [0.2, 0.25) is 11.8 Å². The molecule has 0 N–H and O–H groups in total. The summed E-state index contributed by atoms with van der Waals surface area (Å²) in [6.07, 6.45) is 3.88. The third kappa shape index (κ3) is 4.06. The summed E-state index contributed by atoms with van der Waals surface area (Å²) in [5, 5.41) is 0. The van der Waals surface area contributed by atoms with Crippen LogP contribution >= 0.6 is 0 Å². The van der Waals surface area contributed by atoms with Gasteiger partial charge in [-0.25, -0.2) is 0 Å². The molecule has 2 saturated heterocycles. The predicted octanol–water partition coefficient (Wildman–Crippen LogP) is 3.00. The Morgan fingerprint density at radius 1 is 1.24 bits per heavy atom. The van der Waals surface area contributed by atoms with Crippen molar-refractivity contribution in [2.45, 2.75) is 65.4 Å². The number of ether oxygens (including phenoxy) is 1. The molecule has 0 spiro atoms. The van der Waals surface area contributed by atoms with Gasteiger partial charge in [-0.1, -0.05) is 13.8 Å². The van der Waals surface area contributed by atoms with E-state index in [1.54, 1.807) is 0 Å². The average molecular weight is 295 g/mol. The molecular formula is C17H29NO3. The molecule has 2 heterocycles. The zero-order chi connectivity index (χ0) is 15.6. The molecule has 4 heteroatoms. The molecule has 120 valence electrons. The Bertz CT molecular complexity index is 387. The summed E-state index contributed by atoms with van der Waals surface area (Å²) in [5.74, 6) is 1.76. The second-order valence-corrected chi connectivity index (χ2v) is 7.50. The van der Waals surface area contributed by atoms with Crippen LogP contribution in [0.3, 0.4) is 0 Å². The Hall–Kier alpha value is -0.900. The zero-order valence-electron chi connectivity index (χ0n) is 13.9. The Morgan fingerprint density at radius 3 is 2.38 bits per heavy atom. The first-order valence-electron chi connectivity index (χ1n) is 8.27. The van der Waals surface area contributed by atoms with Gasteiger partial charge in [0.25, 0.3) is 0 Å². The summed E-state index contributed by atoms with van der Waals surface area (Å²) >= 11 is 0. The fourth-order valence-corrected chi connectivity index (χ4v) is 3.91. The van der Waals surface area contributed by atoms with Crippen molar-refractivity contribution < 1.29 is 14.3 Å². The van der Waals surface area contributed by atoms with Crippen LogP contribution in [0.5, 0.6) is 0 Å². The van der Waals surface area contributed by atoms with Gasteiger partial charge in [-0.2, -0.15) is 0 Å². The molecule has 0 aliphatic carbocycles. The Morgan fingerprint density at radius 2 is 1.86 bits per heavy atom. The summed E-state index contributed by atoms with van der Waals surface area (Å²) in [4.78, 5) is 24.9. The molecule has 0 radical (unpaired) electrons. The minimum atomic E-state index is -0.0463. The van der Waals surface area contributed by atoms with Crippen LogP contribution in [-0.2, 0) is 14.3 Å². The van der Waals surface area contributed by atoms with Crippen LogP contribution < -0.4 is 0 Å². The third-order valence-electron chi connectivity index (χ3n) is 5.04. The fourth-order valence-electron chi connectivity index (χ4n) is 3.91. The highest BCUT2D eigenvalue weighted by atomic mass is 16.5. The minimum Gasteiger partial charge on any atom is -0.376 e. The highest BCUT2D eigenvalue weighted by Crippen LogP contribution is 2.38. The van der Waals surface area contributed by atoms with E-state index in [2.05, 4.69) is 27.7 Å². The molecule has 2 aliphatic rings. The summed E-state index contributed by atoms with van der Waals surface area (Å²) < 4.78 is 5.82. The lowest BCUT2D eigenvalue weighted by molar-refractivity contribution is -0.139. The first-order chi connectivity index (χ1) is 9.80. The van der Waals surface area contributed by atoms with Crippen LogP contribution in [0.4, 0.5) is 0 Å². The fraction of sp³-hybridized carbons (Fsp3) is 0.882. The number of rotatable bonds is 5. The van der Waals surface area contributed by atoms with E-state index in [-0.39, 0.29) is 17.4 Å². The minimum absolute atomic E-state index is 0.00909. The van der Waals surface area contributed by atoms with Gasteiger partial charge in [-0.05, 0) is 50.9 Å². The maximum Gasteiger partial charge on any atom is 0.229 e. The number of nitrogens with zero attached hydrogens (tertiary/aromatic N) is 1. The topological polar surface area (TPSA) is 46.6 Å². The standard InChI is InChI=1S/C17H29NO3/c1-12(2)14(13-8-10-21-17(3,4)11-13)7-9-18-15(19)5-6-16(18)20/h12-14H,5-11H2,1-4H3/t13-,14+/m1/s1. The van der Waals surface area contributed by atoms with Crippen molar-refractivity contribution in [1.82, 2.24) is 4.90 Å². The van der Waals surface area contributed by atoms with E-state index < -0.39 is 0 Å². The van der Waals surface area contributed by atoms with E-state index in [1.165, 1.54) is 4.90 Å². The van der Waals surface area contributed by atoms with Crippen LogP contribution in [0, 0.1) is 17.8 Å². The van der Waals surface area contributed by atoms with E-state index in [1.807, 2.05) is 0 Å². The average Bonchev–Trinajstić information content (AvgIpc) is 2.69. The molecule has 0 aromatic rings. The van der Waals surface area contributed by atoms with Crippen LogP contribution in [-0.4, -0.2) is 35.5 Å². The lowest BCUT2D eigenvalue weighted by atomic mass is 9.73. The first kappa shape index (κ1) is 16.5. The quantitative estimate of drug-likeness (QED) is 0.733. The van der Waals surface area contributed by atoms with Crippen LogP contribution in [0.1, 0.15) is 59.8 Å². The SMILES string of the molecule is CC(C)[C@H](CCN1C(=O)CCC1=O)[C@@H]1CCOC(C)(C)C1. The van der Waals surface area contributed by atoms with Crippen LogP contribution in [0.2, 0.25) is 0 Å². The van der Waals surface area contributed by atoms with Gasteiger partial charge in [-0.3, -0.25) is 14.5 Å². The number of likely N-dealkylation sites (tertiary alicyclic amines) is 1. The largest absolute Gasteiger partial charge is 0.376 e. The summed E-state index contributed by atoms with van der Waals surface area (Å²) in [6.45, 7) is 10.2. The molecule has 2 atom stereocenters. The Kier molecular flexibility index (Phi) is 5.07. The number of carbonyl (C=O) groups excluding carboxylic acids is 2. The van der Waals surface area contributed by atoms with Gasteiger partial charge in [0.05, 0.1) is 5.60 Å². The van der Waals surface area contributed by atoms with Crippen molar-refractivity contribution in [3.05, 3.63) is 0 Å². The van der Waals surface area contributed by atoms with Crippen molar-refractivity contribution in [3.8, 4) is 0 Å². The first-order valence-corrected chi connectivity index (χ1v) is 8.27. The van der Waals surface area contributed by atoms with Crippen molar-refractivity contribution in [3.63, 3.8) is 0 Å². The number of hydrogen-bond acceptors (Lipinski definition) is 3. The van der Waals surface area contributed by atoms with E-state index in [4.69, 9.17) is 4.74 Å². The van der Waals surface area contributed by atoms with Gasteiger partial charge in [-0.15, -0.1) is 0 Å². The molecule has 21 heavy (non-hydrogen) atoms. The smallest absolute Gasteiger partial charge is 0.229 e. The highest BCUT2D eigenvalue weighted by Gasteiger charge is 2.36. The molecule has 0 saturated carbocycles.